The molecule has 0 saturated heterocycles. The number of aliphatic imine (C=N–C) groups is 1. The molecule has 0 rings (SSSR count). The first-order valence-electron chi connectivity index (χ1n) is 6.64. The Morgan fingerprint density at radius 2 is 1.62 bits per heavy atom. The standard InChI is InChI=1S/C14H28N2/c1-6-10-13(5)14(15-9-4)16(11-7-2)12-8-3/h9H,6-8,10-12H2,1-5H3/b14-13-,15-9?. The van der Waals surface area contributed by atoms with Gasteiger partial charge in [-0.25, -0.2) is 4.99 Å². The minimum atomic E-state index is 1.11. The van der Waals surface area contributed by atoms with Crippen molar-refractivity contribution in [1.29, 1.82) is 0 Å². The predicted octanol–water partition coefficient (Wildman–Crippen LogP) is 4.23. The highest BCUT2D eigenvalue weighted by atomic mass is 15.2. The van der Waals surface area contributed by atoms with Gasteiger partial charge in [-0.15, -0.1) is 0 Å². The monoisotopic (exact) mass is 224 g/mol. The lowest BCUT2D eigenvalue weighted by molar-refractivity contribution is 0.337. The van der Waals surface area contributed by atoms with Crippen molar-refractivity contribution in [3.63, 3.8) is 0 Å². The molecular formula is C14H28N2. The summed E-state index contributed by atoms with van der Waals surface area (Å²) < 4.78 is 0. The zero-order valence-electron chi connectivity index (χ0n) is 11.7. The van der Waals surface area contributed by atoms with Gasteiger partial charge in [0.1, 0.15) is 5.82 Å². The molecule has 0 aromatic heterocycles. The maximum Gasteiger partial charge on any atom is 0.126 e. The molecule has 0 amide bonds. The van der Waals surface area contributed by atoms with E-state index in [1.807, 2.05) is 13.1 Å². The molecule has 0 aliphatic rings. The van der Waals surface area contributed by atoms with Crippen molar-refractivity contribution < 1.29 is 0 Å². The molecule has 0 radical (unpaired) electrons. The summed E-state index contributed by atoms with van der Waals surface area (Å²) in [6.45, 7) is 13.1. The smallest absolute Gasteiger partial charge is 0.126 e. The Morgan fingerprint density at radius 3 is 2.00 bits per heavy atom. The van der Waals surface area contributed by atoms with Crippen molar-refractivity contribution in [1.82, 2.24) is 4.90 Å². The second-order valence-corrected chi connectivity index (χ2v) is 4.23. The Bertz CT molecular complexity index is 223. The highest BCUT2D eigenvalue weighted by Gasteiger charge is 2.09. The minimum Gasteiger partial charge on any atom is -0.357 e. The van der Waals surface area contributed by atoms with Crippen molar-refractivity contribution in [2.45, 2.75) is 60.3 Å². The quantitative estimate of drug-likeness (QED) is 0.563. The van der Waals surface area contributed by atoms with Gasteiger partial charge in [-0.1, -0.05) is 27.2 Å². The van der Waals surface area contributed by atoms with Gasteiger partial charge in [0, 0.05) is 19.3 Å². The zero-order chi connectivity index (χ0) is 12.4. The number of nitrogens with zero attached hydrogens (tertiary/aromatic N) is 2. The highest BCUT2D eigenvalue weighted by molar-refractivity contribution is 5.55. The first-order chi connectivity index (χ1) is 7.71. The Labute approximate surface area is 101 Å². The number of hydrogen-bond acceptors (Lipinski definition) is 2. The molecule has 0 heterocycles. The van der Waals surface area contributed by atoms with E-state index in [-0.39, 0.29) is 0 Å². The van der Waals surface area contributed by atoms with Gasteiger partial charge in [-0.3, -0.25) is 0 Å². The van der Waals surface area contributed by atoms with Crippen LogP contribution in [0.5, 0.6) is 0 Å². The van der Waals surface area contributed by atoms with Gasteiger partial charge in [-0.2, -0.15) is 0 Å². The van der Waals surface area contributed by atoms with Crippen LogP contribution in [0, 0.1) is 0 Å². The zero-order valence-corrected chi connectivity index (χ0v) is 11.7. The van der Waals surface area contributed by atoms with E-state index in [4.69, 9.17) is 0 Å². The topological polar surface area (TPSA) is 15.6 Å². The summed E-state index contributed by atoms with van der Waals surface area (Å²) in [6, 6.07) is 0. The summed E-state index contributed by atoms with van der Waals surface area (Å²) in [4.78, 5) is 6.98. The van der Waals surface area contributed by atoms with E-state index in [1.54, 1.807) is 0 Å². The van der Waals surface area contributed by atoms with Crippen LogP contribution in [0.4, 0.5) is 0 Å². The third-order valence-corrected chi connectivity index (χ3v) is 2.54. The van der Waals surface area contributed by atoms with E-state index in [9.17, 15) is 0 Å². The molecule has 2 nitrogen and oxygen atoms in total. The lowest BCUT2D eigenvalue weighted by atomic mass is 10.1. The Kier molecular flexibility index (Phi) is 8.97. The molecule has 0 aromatic carbocycles. The van der Waals surface area contributed by atoms with Crippen LogP contribution in [0.3, 0.4) is 0 Å². The van der Waals surface area contributed by atoms with Gasteiger partial charge < -0.3 is 4.90 Å². The van der Waals surface area contributed by atoms with Crippen LogP contribution in [0.2, 0.25) is 0 Å². The van der Waals surface area contributed by atoms with Crippen molar-refractivity contribution in [2.24, 2.45) is 4.99 Å². The summed E-state index contributed by atoms with van der Waals surface area (Å²) in [7, 11) is 0. The Hall–Kier alpha value is -0.790. The number of allylic oxidation sites excluding steroid dienone is 1. The molecule has 0 aliphatic heterocycles. The second kappa shape index (κ2) is 9.44. The maximum atomic E-state index is 4.56. The fourth-order valence-electron chi connectivity index (χ4n) is 1.93. The number of rotatable bonds is 8. The maximum absolute atomic E-state index is 4.56. The molecule has 0 aliphatic carbocycles. The first kappa shape index (κ1) is 15.2. The highest BCUT2D eigenvalue weighted by Crippen LogP contribution is 2.17. The first-order valence-corrected chi connectivity index (χ1v) is 6.64. The van der Waals surface area contributed by atoms with Gasteiger partial charge in [0.05, 0.1) is 0 Å². The number of hydrogen-bond donors (Lipinski definition) is 0. The van der Waals surface area contributed by atoms with Crippen LogP contribution in [0.15, 0.2) is 16.4 Å². The SMILES string of the molecule is CC=N/C(=C(\C)CCC)N(CCC)CCC. The van der Waals surface area contributed by atoms with Crippen molar-refractivity contribution in [3.8, 4) is 0 Å². The van der Waals surface area contributed by atoms with Gasteiger partial charge in [0.15, 0.2) is 0 Å². The van der Waals surface area contributed by atoms with E-state index >= 15 is 0 Å². The summed E-state index contributed by atoms with van der Waals surface area (Å²) >= 11 is 0. The Balaban J connectivity index is 4.88. The minimum absolute atomic E-state index is 1.11. The fraction of sp³-hybridized carbons (Fsp3) is 0.786. The molecule has 0 atom stereocenters. The summed E-state index contributed by atoms with van der Waals surface area (Å²) in [5.41, 5.74) is 1.42. The molecule has 0 unspecified atom stereocenters. The molecule has 0 N–H and O–H groups in total. The fourth-order valence-corrected chi connectivity index (χ4v) is 1.93. The van der Waals surface area contributed by atoms with Gasteiger partial charge in [0.25, 0.3) is 0 Å². The molecule has 0 aromatic rings. The van der Waals surface area contributed by atoms with E-state index < -0.39 is 0 Å². The van der Waals surface area contributed by atoms with Crippen molar-refractivity contribution in [3.05, 3.63) is 11.4 Å². The summed E-state index contributed by atoms with van der Waals surface area (Å²) in [6.07, 6.45) is 6.62. The predicted molar refractivity (Wildman–Crippen MR) is 73.9 cm³/mol. The van der Waals surface area contributed by atoms with E-state index in [0.717, 1.165) is 19.5 Å². The average Bonchev–Trinajstić information content (AvgIpc) is 2.26. The lowest BCUT2D eigenvalue weighted by Crippen LogP contribution is -2.25. The molecule has 16 heavy (non-hydrogen) atoms. The van der Waals surface area contributed by atoms with Crippen LogP contribution in [0.25, 0.3) is 0 Å². The van der Waals surface area contributed by atoms with Crippen LogP contribution in [-0.4, -0.2) is 24.2 Å². The molecule has 0 bridgehead atoms. The molecular weight excluding hydrogens is 196 g/mol. The lowest BCUT2D eigenvalue weighted by Gasteiger charge is -2.25. The van der Waals surface area contributed by atoms with Crippen LogP contribution >= 0.6 is 0 Å². The molecule has 0 spiro atoms. The molecule has 2 heteroatoms. The molecule has 94 valence electrons. The van der Waals surface area contributed by atoms with E-state index in [1.165, 1.54) is 30.7 Å². The molecule has 0 fully saturated rings. The van der Waals surface area contributed by atoms with Crippen molar-refractivity contribution in [2.75, 3.05) is 13.1 Å². The van der Waals surface area contributed by atoms with Gasteiger partial charge in [-0.05, 0) is 38.7 Å². The van der Waals surface area contributed by atoms with Gasteiger partial charge >= 0.3 is 0 Å². The second-order valence-electron chi connectivity index (χ2n) is 4.23. The van der Waals surface area contributed by atoms with Gasteiger partial charge in [0.2, 0.25) is 0 Å². The van der Waals surface area contributed by atoms with Crippen LogP contribution in [-0.2, 0) is 0 Å². The van der Waals surface area contributed by atoms with E-state index in [2.05, 4.69) is 37.6 Å². The Morgan fingerprint density at radius 1 is 1.06 bits per heavy atom. The van der Waals surface area contributed by atoms with Crippen molar-refractivity contribution >= 4 is 6.21 Å². The molecule has 0 saturated carbocycles. The summed E-state index contributed by atoms with van der Waals surface area (Å²) in [5, 5.41) is 0. The largest absolute Gasteiger partial charge is 0.357 e. The van der Waals surface area contributed by atoms with E-state index in [0.29, 0.717) is 0 Å². The third kappa shape index (κ3) is 5.34. The normalized spacial score (nSPS) is 13.1. The van der Waals surface area contributed by atoms with Crippen LogP contribution in [0.1, 0.15) is 60.3 Å². The van der Waals surface area contributed by atoms with Crippen LogP contribution < -0.4 is 0 Å². The average molecular weight is 224 g/mol. The summed E-state index contributed by atoms with van der Waals surface area (Å²) in [5.74, 6) is 1.20. The third-order valence-electron chi connectivity index (χ3n) is 2.54.